The Labute approximate surface area is 143 Å². The number of hydrogen-bond donors (Lipinski definition) is 0. The van der Waals surface area contributed by atoms with Crippen molar-refractivity contribution in [2.24, 2.45) is 0 Å². The van der Waals surface area contributed by atoms with Gasteiger partial charge in [0.15, 0.2) is 0 Å². The zero-order valence-electron chi connectivity index (χ0n) is 21.4. The fourth-order valence-electron chi connectivity index (χ4n) is 2.81. The third-order valence-corrected chi connectivity index (χ3v) is 3.73. The Morgan fingerprint density at radius 1 is 0.773 bits per heavy atom. The molecule has 0 spiro atoms. The molecule has 2 aliphatic rings. The first kappa shape index (κ1) is 5.84. The number of para-hydroxylation sites is 1. The first-order valence-corrected chi connectivity index (χ1v) is 6.68. The minimum Gasteiger partial charge on any atom is -0.458 e. The van der Waals surface area contributed by atoms with E-state index in [0.29, 0.717) is 0 Å². The van der Waals surface area contributed by atoms with Crippen LogP contribution in [0.4, 0.5) is 0 Å². The molecule has 0 amide bonds. The van der Waals surface area contributed by atoms with Crippen LogP contribution in [-0.4, -0.2) is 6.71 Å². The lowest BCUT2D eigenvalue weighted by molar-refractivity contribution is 0.464. The third-order valence-electron chi connectivity index (χ3n) is 3.73. The molecule has 0 aromatic heterocycles. The minimum absolute atomic E-state index is 0.0259. The van der Waals surface area contributed by atoms with Crippen LogP contribution in [-0.2, 0) is 0 Å². The largest absolute Gasteiger partial charge is 0.458 e. The molecule has 2 aliphatic heterocycles. The van der Waals surface area contributed by atoms with Crippen LogP contribution in [0.1, 0.15) is 19.3 Å². The molecule has 0 saturated heterocycles. The summed E-state index contributed by atoms with van der Waals surface area (Å²) >= 11 is 0. The van der Waals surface area contributed by atoms with Crippen LogP contribution >= 0.6 is 0 Å². The molecule has 0 bridgehead atoms. The van der Waals surface area contributed by atoms with Gasteiger partial charge in [-0.2, -0.15) is 0 Å². The van der Waals surface area contributed by atoms with Crippen molar-refractivity contribution in [1.82, 2.24) is 0 Å². The van der Waals surface area contributed by atoms with Crippen molar-refractivity contribution in [3.05, 3.63) is 66.0 Å². The Morgan fingerprint density at radius 3 is 2.32 bits per heavy atom. The lowest BCUT2D eigenvalue weighted by Gasteiger charge is -2.32. The zero-order chi connectivity index (χ0) is 23.4. The summed E-state index contributed by atoms with van der Waals surface area (Å²) in [5, 5.41) is 0. The fraction of sp³-hybridized carbons (Fsp3) is 0.0526. The molecular weight excluding hydrogens is 271 g/mol. The van der Waals surface area contributed by atoms with Crippen LogP contribution in [0.15, 0.2) is 60.4 Å². The van der Waals surface area contributed by atoms with Gasteiger partial charge in [-0.25, -0.2) is 0 Å². The van der Waals surface area contributed by atoms with Gasteiger partial charge >= 0.3 is 0 Å². The summed E-state index contributed by atoms with van der Waals surface area (Å²) in [6.45, 7) is 0.353. The molecule has 3 aromatic carbocycles. The second-order valence-electron chi connectivity index (χ2n) is 5.07. The summed E-state index contributed by atoms with van der Waals surface area (Å²) in [5.41, 5.74) is 0.263. The maximum Gasteiger partial charge on any atom is 0.260 e. The third kappa shape index (κ3) is 1.51. The summed E-state index contributed by atoms with van der Waals surface area (Å²) in [7, 11) is 0. The van der Waals surface area contributed by atoms with Gasteiger partial charge in [0.05, 0.1) is 13.7 Å². The Balaban J connectivity index is 2.03. The van der Waals surface area contributed by atoms with Crippen molar-refractivity contribution in [3.63, 3.8) is 0 Å². The number of hydrogen-bond acceptors (Lipinski definition) is 2. The van der Waals surface area contributed by atoms with Crippen molar-refractivity contribution < 1.29 is 23.2 Å². The smallest absolute Gasteiger partial charge is 0.260 e. The van der Waals surface area contributed by atoms with E-state index in [1.807, 2.05) is 0 Å². The monoisotopic (exact) mass is 294 g/mol. The highest BCUT2D eigenvalue weighted by atomic mass is 16.5. The van der Waals surface area contributed by atoms with Gasteiger partial charge < -0.3 is 9.47 Å². The highest BCUT2D eigenvalue weighted by Crippen LogP contribution is 2.34. The average Bonchev–Trinajstić information content (AvgIpc) is 2.79. The van der Waals surface area contributed by atoms with E-state index < -0.39 is 49.0 Å². The van der Waals surface area contributed by atoms with Gasteiger partial charge in [-0.05, 0) is 47.6 Å². The maximum absolute atomic E-state index is 8.58. The Kier molecular flexibility index (Phi) is 1.11. The first-order chi connectivity index (χ1) is 15.0. The minimum atomic E-state index is -1.14. The molecule has 0 atom stereocenters. The van der Waals surface area contributed by atoms with E-state index in [0.717, 1.165) is 0 Å². The Hall–Kier alpha value is -2.68. The number of benzene rings is 3. The lowest BCUT2D eigenvalue weighted by Crippen LogP contribution is -2.57. The van der Waals surface area contributed by atoms with E-state index in [1.54, 1.807) is 0 Å². The molecule has 104 valence electrons. The summed E-state index contributed by atoms with van der Waals surface area (Å²) in [4.78, 5) is 0. The van der Waals surface area contributed by atoms with Crippen LogP contribution in [0, 0.1) is 6.92 Å². The quantitative estimate of drug-likeness (QED) is 0.409. The van der Waals surface area contributed by atoms with Crippen molar-refractivity contribution in [2.45, 2.75) is 6.92 Å². The average molecular weight is 294 g/mol. The van der Waals surface area contributed by atoms with Gasteiger partial charge in [-0.3, -0.25) is 0 Å². The van der Waals surface area contributed by atoms with Crippen molar-refractivity contribution in [3.8, 4) is 23.0 Å². The second kappa shape index (κ2) is 4.17. The van der Waals surface area contributed by atoms with Gasteiger partial charge in [0.25, 0.3) is 6.71 Å². The molecule has 22 heavy (non-hydrogen) atoms. The zero-order valence-corrected chi connectivity index (χ0v) is 11.4. The number of fused-ring (bicyclic) bond motifs is 4. The molecule has 3 heteroatoms. The molecule has 0 radical (unpaired) electrons. The van der Waals surface area contributed by atoms with E-state index in [4.69, 9.17) is 23.2 Å². The van der Waals surface area contributed by atoms with Gasteiger partial charge in [-0.1, -0.05) is 36.3 Å². The number of ether oxygens (including phenoxy) is 2. The highest BCUT2D eigenvalue weighted by molar-refractivity contribution is 6.98. The van der Waals surface area contributed by atoms with E-state index in [9.17, 15) is 0 Å². The van der Waals surface area contributed by atoms with E-state index in [1.165, 1.54) is 6.92 Å². The molecule has 0 fully saturated rings. The molecule has 5 rings (SSSR count). The normalized spacial score (nSPS) is 19.8. The Morgan fingerprint density at radius 2 is 1.45 bits per heavy atom. The van der Waals surface area contributed by atoms with Gasteiger partial charge in [0, 0.05) is 5.46 Å². The van der Waals surface area contributed by atoms with Crippen LogP contribution in [0.3, 0.4) is 0 Å². The molecular formula is C19H13BO2. The van der Waals surface area contributed by atoms with Gasteiger partial charge in [0.1, 0.15) is 23.0 Å². The molecule has 3 aromatic rings. The summed E-state index contributed by atoms with van der Waals surface area (Å²) in [6.07, 6.45) is 0. The lowest BCUT2D eigenvalue weighted by atomic mass is 9.35. The molecule has 0 N–H and O–H groups in total. The molecule has 2 nitrogen and oxygen atoms in total. The van der Waals surface area contributed by atoms with Crippen LogP contribution < -0.4 is 25.9 Å². The topological polar surface area (TPSA) is 18.5 Å². The predicted molar refractivity (Wildman–Crippen MR) is 88.9 cm³/mol. The second-order valence-corrected chi connectivity index (χ2v) is 5.07. The van der Waals surface area contributed by atoms with Crippen LogP contribution in [0.2, 0.25) is 0 Å². The molecule has 0 saturated carbocycles. The molecule has 0 aliphatic carbocycles. The van der Waals surface area contributed by atoms with Crippen LogP contribution in [0.5, 0.6) is 23.0 Å². The fourth-order valence-corrected chi connectivity index (χ4v) is 2.81. The van der Waals surface area contributed by atoms with Crippen molar-refractivity contribution in [1.29, 1.82) is 0 Å². The Bertz CT molecular complexity index is 1270. The van der Waals surface area contributed by atoms with E-state index in [2.05, 4.69) is 0 Å². The maximum atomic E-state index is 8.58. The number of rotatable bonds is 0. The summed E-state index contributed by atoms with van der Waals surface area (Å²) in [6, 6.07) is -4.10. The predicted octanol–water partition coefficient (Wildman–Crippen LogP) is 2.72. The highest BCUT2D eigenvalue weighted by Gasteiger charge is 2.39. The SMILES string of the molecule is [2H]c1c([2H])c([2H])c2c(c1[2H])Oc1c([2H])c([2H])c([2H])c3c1B2c1c([2H])c([2H])c(C)c([2H])c1O3. The van der Waals surface area contributed by atoms with Gasteiger partial charge in [-0.15, -0.1) is 0 Å². The van der Waals surface area contributed by atoms with E-state index >= 15 is 0 Å². The van der Waals surface area contributed by atoms with Crippen molar-refractivity contribution in [2.75, 3.05) is 0 Å². The summed E-state index contributed by atoms with van der Waals surface area (Å²) in [5.74, 6) is -0.734. The standard InChI is InChI=1S/C19H13BO2/c1-12-9-10-14-18(11-12)22-17-8-4-7-16-19(17)20(14)13-5-2-3-6-15(13)21-16/h2-11H,1H3/i2D,3D,4D,5D,6D,7D,8D,9D,10D,11D. The summed E-state index contributed by atoms with van der Waals surface area (Å²) < 4.78 is 94.5. The van der Waals surface area contributed by atoms with E-state index in [-0.39, 0.29) is 63.1 Å². The van der Waals surface area contributed by atoms with Gasteiger partial charge in [0.2, 0.25) is 0 Å². The molecule has 0 unspecified atom stereocenters. The van der Waals surface area contributed by atoms with Crippen molar-refractivity contribution >= 4 is 23.1 Å². The molecule has 2 heterocycles. The first-order valence-electron chi connectivity index (χ1n) is 11.7. The van der Waals surface area contributed by atoms with Crippen LogP contribution in [0.25, 0.3) is 0 Å².